The van der Waals surface area contributed by atoms with Gasteiger partial charge in [0, 0.05) is 30.3 Å². The number of nitro groups is 1. The Kier molecular flexibility index (Phi) is 5.31. The third-order valence-corrected chi connectivity index (χ3v) is 4.39. The lowest BCUT2D eigenvalue weighted by molar-refractivity contribution is -0.385. The molecule has 1 heterocycles. The first-order valence-corrected chi connectivity index (χ1v) is 7.76. The highest BCUT2D eigenvalue weighted by atomic mass is 16.6. The molecule has 1 fully saturated rings. The van der Waals surface area contributed by atoms with Crippen molar-refractivity contribution in [2.24, 2.45) is 0 Å². The first-order valence-electron chi connectivity index (χ1n) is 7.76. The summed E-state index contributed by atoms with van der Waals surface area (Å²) < 4.78 is 0. The molecular weight excluding hydrogens is 266 g/mol. The summed E-state index contributed by atoms with van der Waals surface area (Å²) in [7, 11) is 0. The van der Waals surface area contributed by atoms with Gasteiger partial charge in [0.15, 0.2) is 0 Å². The molecule has 0 aliphatic carbocycles. The second-order valence-corrected chi connectivity index (χ2v) is 5.86. The van der Waals surface area contributed by atoms with Crippen LogP contribution in [0.4, 0.5) is 5.69 Å². The van der Waals surface area contributed by atoms with Crippen molar-refractivity contribution in [1.29, 1.82) is 0 Å². The molecule has 1 aromatic rings. The van der Waals surface area contributed by atoms with Crippen LogP contribution in [0.5, 0.6) is 0 Å². The van der Waals surface area contributed by atoms with Gasteiger partial charge in [-0.05, 0) is 45.3 Å². The minimum absolute atomic E-state index is 0.203. The first-order chi connectivity index (χ1) is 10.0. The van der Waals surface area contributed by atoms with Crippen molar-refractivity contribution >= 4 is 5.69 Å². The van der Waals surface area contributed by atoms with Gasteiger partial charge in [-0.25, -0.2) is 0 Å². The van der Waals surface area contributed by atoms with E-state index in [4.69, 9.17) is 0 Å². The second-order valence-electron chi connectivity index (χ2n) is 5.86. The summed E-state index contributed by atoms with van der Waals surface area (Å²) in [5, 5.41) is 14.5. The van der Waals surface area contributed by atoms with E-state index in [1.54, 1.807) is 13.0 Å². The quantitative estimate of drug-likeness (QED) is 0.646. The van der Waals surface area contributed by atoms with E-state index in [0.717, 1.165) is 43.6 Å². The van der Waals surface area contributed by atoms with Crippen LogP contribution in [-0.4, -0.2) is 35.5 Å². The molecule has 116 valence electrons. The third kappa shape index (κ3) is 3.60. The molecule has 2 rings (SSSR count). The molecule has 0 amide bonds. The van der Waals surface area contributed by atoms with Crippen molar-refractivity contribution in [1.82, 2.24) is 10.2 Å². The van der Waals surface area contributed by atoms with Crippen LogP contribution in [0.3, 0.4) is 0 Å². The molecular formula is C16H25N3O2. The zero-order valence-corrected chi connectivity index (χ0v) is 13.1. The lowest BCUT2D eigenvalue weighted by Gasteiger charge is -2.34. The van der Waals surface area contributed by atoms with E-state index in [2.05, 4.69) is 24.1 Å². The molecule has 0 bridgehead atoms. The monoisotopic (exact) mass is 291 g/mol. The van der Waals surface area contributed by atoms with Gasteiger partial charge in [-0.3, -0.25) is 15.0 Å². The molecule has 0 aromatic heterocycles. The fourth-order valence-corrected chi connectivity index (χ4v) is 3.15. The Balaban J connectivity index is 2.25. The third-order valence-electron chi connectivity index (χ3n) is 4.39. The Morgan fingerprint density at radius 1 is 1.52 bits per heavy atom. The van der Waals surface area contributed by atoms with Crippen molar-refractivity contribution in [3.63, 3.8) is 0 Å². The fraction of sp³-hybridized carbons (Fsp3) is 0.625. The number of hydrogen-bond acceptors (Lipinski definition) is 4. The van der Waals surface area contributed by atoms with Gasteiger partial charge in [0.25, 0.3) is 5.69 Å². The van der Waals surface area contributed by atoms with Gasteiger partial charge in [-0.2, -0.15) is 0 Å². The predicted molar refractivity (Wildman–Crippen MR) is 84.5 cm³/mol. The summed E-state index contributed by atoms with van der Waals surface area (Å²) >= 11 is 0. The van der Waals surface area contributed by atoms with Gasteiger partial charge in [-0.1, -0.05) is 19.1 Å². The summed E-state index contributed by atoms with van der Waals surface area (Å²) in [6.45, 7) is 9.22. The van der Waals surface area contributed by atoms with Crippen molar-refractivity contribution in [3.05, 3.63) is 39.4 Å². The van der Waals surface area contributed by atoms with Crippen LogP contribution in [0.1, 0.15) is 43.9 Å². The van der Waals surface area contributed by atoms with E-state index in [1.165, 1.54) is 0 Å². The number of hydrogen-bond donors (Lipinski definition) is 1. The van der Waals surface area contributed by atoms with Crippen LogP contribution in [0.2, 0.25) is 0 Å². The van der Waals surface area contributed by atoms with Crippen molar-refractivity contribution < 1.29 is 4.92 Å². The number of rotatable bonds is 6. The smallest absolute Gasteiger partial charge is 0.272 e. The Bertz CT molecular complexity index is 498. The van der Waals surface area contributed by atoms with Crippen LogP contribution in [0.25, 0.3) is 0 Å². The molecule has 0 radical (unpaired) electrons. The highest BCUT2D eigenvalue weighted by Gasteiger charge is 2.27. The average molecular weight is 291 g/mol. The lowest BCUT2D eigenvalue weighted by Crippen LogP contribution is -2.39. The average Bonchev–Trinajstić information content (AvgIpc) is 2.98. The van der Waals surface area contributed by atoms with Gasteiger partial charge in [0.1, 0.15) is 0 Å². The standard InChI is InChI=1S/C16H25N3O2/c1-4-9-18(15-7-8-17-11-15)13(3)14-6-5-12(2)16(10-14)19(20)21/h5-6,10,13,15,17H,4,7-9,11H2,1-3H3. The van der Waals surface area contributed by atoms with Crippen LogP contribution < -0.4 is 5.32 Å². The van der Waals surface area contributed by atoms with E-state index in [9.17, 15) is 10.1 Å². The Morgan fingerprint density at radius 3 is 2.86 bits per heavy atom. The molecule has 5 heteroatoms. The van der Waals surface area contributed by atoms with Gasteiger partial charge >= 0.3 is 0 Å². The summed E-state index contributed by atoms with van der Waals surface area (Å²) in [5.74, 6) is 0. The highest BCUT2D eigenvalue weighted by molar-refractivity contribution is 5.43. The summed E-state index contributed by atoms with van der Waals surface area (Å²) in [6.07, 6.45) is 2.24. The van der Waals surface area contributed by atoms with E-state index in [-0.39, 0.29) is 16.7 Å². The SMILES string of the molecule is CCCN(C1CCNC1)C(C)c1ccc(C)c([N+](=O)[O-])c1. The maximum absolute atomic E-state index is 11.1. The number of nitrogens with zero attached hydrogens (tertiary/aromatic N) is 2. The van der Waals surface area contributed by atoms with Crippen LogP contribution in [0.15, 0.2) is 18.2 Å². The Hall–Kier alpha value is -1.46. The molecule has 1 N–H and O–H groups in total. The van der Waals surface area contributed by atoms with Crippen molar-refractivity contribution in [2.45, 2.75) is 45.7 Å². The van der Waals surface area contributed by atoms with Crippen molar-refractivity contribution in [2.75, 3.05) is 19.6 Å². The van der Waals surface area contributed by atoms with Gasteiger partial charge < -0.3 is 5.32 Å². The van der Waals surface area contributed by atoms with Crippen LogP contribution in [0, 0.1) is 17.0 Å². The number of aryl methyl sites for hydroxylation is 1. The summed E-state index contributed by atoms with van der Waals surface area (Å²) in [4.78, 5) is 13.3. The molecule has 2 unspecified atom stereocenters. The van der Waals surface area contributed by atoms with Crippen LogP contribution >= 0.6 is 0 Å². The number of nitrogens with one attached hydrogen (secondary N) is 1. The second kappa shape index (κ2) is 7.00. The van der Waals surface area contributed by atoms with Crippen molar-refractivity contribution in [3.8, 4) is 0 Å². The Labute approximate surface area is 126 Å². The summed E-state index contributed by atoms with van der Waals surface area (Å²) in [5.41, 5.74) is 1.98. The largest absolute Gasteiger partial charge is 0.315 e. The van der Waals surface area contributed by atoms with E-state index >= 15 is 0 Å². The molecule has 5 nitrogen and oxygen atoms in total. The molecule has 0 spiro atoms. The first kappa shape index (κ1) is 15.9. The summed E-state index contributed by atoms with van der Waals surface area (Å²) in [6, 6.07) is 6.36. The van der Waals surface area contributed by atoms with E-state index in [0.29, 0.717) is 6.04 Å². The molecule has 1 saturated heterocycles. The lowest BCUT2D eigenvalue weighted by atomic mass is 10.0. The topological polar surface area (TPSA) is 58.4 Å². The maximum atomic E-state index is 11.1. The van der Waals surface area contributed by atoms with E-state index in [1.807, 2.05) is 12.1 Å². The zero-order valence-electron chi connectivity index (χ0n) is 13.1. The molecule has 1 aliphatic heterocycles. The molecule has 0 saturated carbocycles. The molecule has 1 aromatic carbocycles. The number of benzene rings is 1. The van der Waals surface area contributed by atoms with Gasteiger partial charge in [0.05, 0.1) is 4.92 Å². The normalized spacial score (nSPS) is 19.9. The minimum atomic E-state index is -0.285. The molecule has 1 aliphatic rings. The highest BCUT2D eigenvalue weighted by Crippen LogP contribution is 2.29. The van der Waals surface area contributed by atoms with Crippen LogP contribution in [-0.2, 0) is 0 Å². The van der Waals surface area contributed by atoms with E-state index < -0.39 is 0 Å². The fourth-order valence-electron chi connectivity index (χ4n) is 3.15. The maximum Gasteiger partial charge on any atom is 0.272 e. The Morgan fingerprint density at radius 2 is 2.29 bits per heavy atom. The molecule has 21 heavy (non-hydrogen) atoms. The zero-order chi connectivity index (χ0) is 15.4. The predicted octanol–water partition coefficient (Wildman–Crippen LogP) is 3.04. The minimum Gasteiger partial charge on any atom is -0.315 e. The van der Waals surface area contributed by atoms with Gasteiger partial charge in [0.2, 0.25) is 0 Å². The number of nitro benzene ring substituents is 1. The molecule has 2 atom stereocenters. The van der Waals surface area contributed by atoms with Gasteiger partial charge in [-0.15, -0.1) is 0 Å².